The third-order valence-electron chi connectivity index (χ3n) is 2.75. The number of hydrogen-bond donors (Lipinski definition) is 1. The van der Waals surface area contributed by atoms with Gasteiger partial charge in [-0.15, -0.1) is 0 Å². The third kappa shape index (κ3) is 3.28. The number of aromatic nitrogens is 2. The van der Waals surface area contributed by atoms with Gasteiger partial charge in [-0.3, -0.25) is 4.68 Å². The van der Waals surface area contributed by atoms with Crippen molar-refractivity contribution in [1.82, 2.24) is 9.78 Å². The highest BCUT2D eigenvalue weighted by Crippen LogP contribution is 2.28. The van der Waals surface area contributed by atoms with Crippen LogP contribution in [0.15, 0.2) is 30.3 Å². The van der Waals surface area contributed by atoms with Crippen LogP contribution in [0.1, 0.15) is 18.3 Å². The molecule has 0 saturated heterocycles. The van der Waals surface area contributed by atoms with E-state index in [9.17, 15) is 17.6 Å². The average molecular weight is 287 g/mol. The van der Waals surface area contributed by atoms with Crippen LogP contribution in [0.3, 0.4) is 0 Å². The highest BCUT2D eigenvalue weighted by atomic mass is 19.4. The molecule has 0 unspecified atom stereocenters. The lowest BCUT2D eigenvalue weighted by atomic mass is 10.3. The fourth-order valence-corrected chi connectivity index (χ4v) is 1.80. The summed E-state index contributed by atoms with van der Waals surface area (Å²) in [4.78, 5) is 0. The first kappa shape index (κ1) is 14.4. The number of nitrogens with one attached hydrogen (secondary N) is 1. The van der Waals surface area contributed by atoms with Crippen molar-refractivity contribution in [2.45, 2.75) is 26.2 Å². The molecule has 1 heterocycles. The molecule has 0 bridgehead atoms. The number of anilines is 1. The number of rotatable bonds is 4. The Hall–Kier alpha value is -2.05. The van der Waals surface area contributed by atoms with Crippen molar-refractivity contribution in [3.05, 3.63) is 47.5 Å². The Balaban J connectivity index is 2.15. The van der Waals surface area contributed by atoms with E-state index in [1.807, 2.05) is 0 Å². The highest BCUT2D eigenvalue weighted by Gasteiger charge is 2.34. The van der Waals surface area contributed by atoms with Gasteiger partial charge in [-0.25, -0.2) is 4.39 Å². The average Bonchev–Trinajstić information content (AvgIpc) is 2.79. The Morgan fingerprint density at radius 2 is 2.00 bits per heavy atom. The van der Waals surface area contributed by atoms with E-state index < -0.39 is 17.7 Å². The summed E-state index contributed by atoms with van der Waals surface area (Å²) in [7, 11) is 0. The van der Waals surface area contributed by atoms with Gasteiger partial charge in [-0.2, -0.15) is 18.3 Å². The van der Waals surface area contributed by atoms with E-state index in [4.69, 9.17) is 0 Å². The maximum absolute atomic E-state index is 13.0. The van der Waals surface area contributed by atoms with E-state index >= 15 is 0 Å². The topological polar surface area (TPSA) is 29.9 Å². The molecule has 0 amide bonds. The van der Waals surface area contributed by atoms with Crippen molar-refractivity contribution in [3.8, 4) is 0 Å². The first-order valence-corrected chi connectivity index (χ1v) is 6.03. The summed E-state index contributed by atoms with van der Waals surface area (Å²) in [5.41, 5.74) is -0.0260. The molecule has 0 aliphatic rings. The SMILES string of the molecule is CCn1nc(C(F)(F)F)cc1CNc1cccc(F)c1. The quantitative estimate of drug-likeness (QED) is 0.869. The lowest BCUT2D eigenvalue weighted by molar-refractivity contribution is -0.141. The van der Waals surface area contributed by atoms with Crippen LogP contribution in [-0.2, 0) is 19.3 Å². The van der Waals surface area contributed by atoms with Gasteiger partial charge in [0.2, 0.25) is 0 Å². The lowest BCUT2D eigenvalue weighted by Gasteiger charge is -2.07. The van der Waals surface area contributed by atoms with Crippen LogP contribution in [0, 0.1) is 5.82 Å². The Bertz CT molecular complexity index is 590. The van der Waals surface area contributed by atoms with Crippen molar-refractivity contribution in [3.63, 3.8) is 0 Å². The van der Waals surface area contributed by atoms with E-state index in [-0.39, 0.29) is 6.54 Å². The molecular formula is C13H13F4N3. The van der Waals surface area contributed by atoms with Crippen LogP contribution in [0.5, 0.6) is 0 Å². The summed E-state index contributed by atoms with van der Waals surface area (Å²) in [6.45, 7) is 2.18. The van der Waals surface area contributed by atoms with E-state index in [0.717, 1.165) is 6.07 Å². The molecule has 1 aromatic carbocycles. The molecule has 0 saturated carbocycles. The maximum atomic E-state index is 13.0. The standard InChI is InChI=1S/C13H13F4N3/c1-2-20-11(7-12(19-20)13(15,16)17)8-18-10-5-3-4-9(14)6-10/h3-7,18H,2,8H2,1H3. The van der Waals surface area contributed by atoms with Gasteiger partial charge in [0.1, 0.15) is 5.82 Å². The summed E-state index contributed by atoms with van der Waals surface area (Å²) in [6.07, 6.45) is -4.46. The molecule has 0 aliphatic carbocycles. The van der Waals surface area contributed by atoms with Crippen LogP contribution in [0.25, 0.3) is 0 Å². The van der Waals surface area contributed by atoms with Crippen LogP contribution in [-0.4, -0.2) is 9.78 Å². The molecule has 0 spiro atoms. The number of aryl methyl sites for hydroxylation is 1. The van der Waals surface area contributed by atoms with Crippen molar-refractivity contribution in [1.29, 1.82) is 0 Å². The van der Waals surface area contributed by atoms with Crippen LogP contribution in [0.4, 0.5) is 23.2 Å². The largest absolute Gasteiger partial charge is 0.435 e. The third-order valence-corrected chi connectivity index (χ3v) is 2.75. The maximum Gasteiger partial charge on any atom is 0.435 e. The summed E-state index contributed by atoms with van der Waals surface area (Å²) in [5.74, 6) is -0.407. The first-order chi connectivity index (χ1) is 9.40. The Labute approximate surface area is 113 Å². The zero-order valence-corrected chi connectivity index (χ0v) is 10.7. The van der Waals surface area contributed by atoms with Crippen LogP contribution < -0.4 is 5.32 Å². The summed E-state index contributed by atoms with van der Waals surface area (Å²) in [6, 6.07) is 6.73. The Morgan fingerprint density at radius 3 is 2.60 bits per heavy atom. The first-order valence-electron chi connectivity index (χ1n) is 6.03. The van der Waals surface area contributed by atoms with Crippen molar-refractivity contribution in [2.24, 2.45) is 0 Å². The van der Waals surface area contributed by atoms with E-state index in [1.54, 1.807) is 13.0 Å². The second-order valence-corrected chi connectivity index (χ2v) is 4.20. The normalized spacial score (nSPS) is 11.7. The number of nitrogens with zero attached hydrogens (tertiary/aromatic N) is 2. The molecule has 20 heavy (non-hydrogen) atoms. The minimum Gasteiger partial charge on any atom is -0.379 e. The smallest absolute Gasteiger partial charge is 0.379 e. The fraction of sp³-hybridized carbons (Fsp3) is 0.308. The molecule has 7 heteroatoms. The van der Waals surface area contributed by atoms with Crippen molar-refractivity contribution >= 4 is 5.69 Å². The summed E-state index contributed by atoms with van der Waals surface area (Å²) >= 11 is 0. The zero-order valence-electron chi connectivity index (χ0n) is 10.7. The molecule has 0 aliphatic heterocycles. The van der Waals surface area contributed by atoms with Gasteiger partial charge >= 0.3 is 6.18 Å². The molecule has 2 rings (SSSR count). The molecule has 1 N–H and O–H groups in total. The number of halogens is 4. The predicted octanol–water partition coefficient (Wildman–Crippen LogP) is 3.67. The second kappa shape index (κ2) is 5.52. The van der Waals surface area contributed by atoms with Gasteiger partial charge in [0.25, 0.3) is 0 Å². The Morgan fingerprint density at radius 1 is 1.25 bits per heavy atom. The monoisotopic (exact) mass is 287 g/mol. The fourth-order valence-electron chi connectivity index (χ4n) is 1.80. The highest BCUT2D eigenvalue weighted by molar-refractivity contribution is 5.43. The number of benzene rings is 1. The molecule has 0 fully saturated rings. The lowest BCUT2D eigenvalue weighted by Crippen LogP contribution is -2.09. The molecular weight excluding hydrogens is 274 g/mol. The molecule has 2 aromatic rings. The van der Waals surface area contributed by atoms with Gasteiger partial charge in [0.05, 0.1) is 12.2 Å². The van der Waals surface area contributed by atoms with Crippen molar-refractivity contribution < 1.29 is 17.6 Å². The van der Waals surface area contributed by atoms with Crippen LogP contribution in [0.2, 0.25) is 0 Å². The summed E-state index contributed by atoms with van der Waals surface area (Å²) < 4.78 is 52.0. The Kier molecular flexibility index (Phi) is 3.96. The molecule has 0 atom stereocenters. The predicted molar refractivity (Wildman–Crippen MR) is 66.6 cm³/mol. The van der Waals surface area contributed by atoms with E-state index in [0.29, 0.717) is 17.9 Å². The molecule has 3 nitrogen and oxygen atoms in total. The van der Waals surface area contributed by atoms with E-state index in [2.05, 4.69) is 10.4 Å². The zero-order chi connectivity index (χ0) is 14.8. The summed E-state index contributed by atoms with van der Waals surface area (Å²) in [5, 5.41) is 6.38. The molecule has 1 aromatic heterocycles. The number of hydrogen-bond acceptors (Lipinski definition) is 2. The van der Waals surface area contributed by atoms with Gasteiger partial charge < -0.3 is 5.32 Å². The van der Waals surface area contributed by atoms with Crippen LogP contribution >= 0.6 is 0 Å². The van der Waals surface area contributed by atoms with E-state index in [1.165, 1.54) is 22.9 Å². The second-order valence-electron chi connectivity index (χ2n) is 4.20. The van der Waals surface area contributed by atoms with Gasteiger partial charge in [0, 0.05) is 12.2 Å². The minimum absolute atomic E-state index is 0.139. The van der Waals surface area contributed by atoms with Gasteiger partial charge in [-0.05, 0) is 31.2 Å². The van der Waals surface area contributed by atoms with Gasteiger partial charge in [-0.1, -0.05) is 6.07 Å². The molecule has 108 valence electrons. The van der Waals surface area contributed by atoms with Gasteiger partial charge in [0.15, 0.2) is 5.69 Å². The minimum atomic E-state index is -4.46. The number of alkyl halides is 3. The molecule has 0 radical (unpaired) electrons. The van der Waals surface area contributed by atoms with Crippen molar-refractivity contribution in [2.75, 3.05) is 5.32 Å².